The SMILES string of the molecule is COC(=O)CCCCN1C(=O)[C@@]2(O[C@@H](CC(=O)N(CCO)Cc3ccccc3)[C@H]([Si](C)(C)c3ccc(OC)cc3)[C@H]2C)c2cc(N3N=C(c4ccccc4)CCC3=O)ccc21. The Balaban J connectivity index is 1.33. The van der Waals surface area contributed by atoms with E-state index in [2.05, 4.69) is 32.2 Å². The number of unbranched alkanes of at least 4 members (excludes halogenated alkanes) is 1. The molecular formula is C48H56N4O8Si. The van der Waals surface area contributed by atoms with Crippen molar-refractivity contribution in [2.24, 2.45) is 11.0 Å². The maximum atomic E-state index is 15.4. The Morgan fingerprint density at radius 1 is 0.934 bits per heavy atom. The second-order valence-electron chi connectivity index (χ2n) is 16.7. The zero-order valence-electron chi connectivity index (χ0n) is 35.7. The summed E-state index contributed by atoms with van der Waals surface area (Å²) in [5.41, 5.74) is 2.72. The molecule has 0 aliphatic carbocycles. The summed E-state index contributed by atoms with van der Waals surface area (Å²) in [7, 11) is 0.365. The first-order valence-corrected chi connectivity index (χ1v) is 24.2. The molecule has 3 amide bonds. The number of hydrazone groups is 1. The number of carbonyl (C=O) groups excluding carboxylic acids is 4. The van der Waals surface area contributed by atoms with E-state index < -0.39 is 25.7 Å². The Hall–Kier alpha value is -5.63. The van der Waals surface area contributed by atoms with Gasteiger partial charge in [-0.25, -0.2) is 5.01 Å². The van der Waals surface area contributed by atoms with Crippen LogP contribution in [0, 0.1) is 5.92 Å². The van der Waals surface area contributed by atoms with Crippen molar-refractivity contribution in [1.82, 2.24) is 4.90 Å². The molecule has 0 unspecified atom stereocenters. The first-order chi connectivity index (χ1) is 29.4. The maximum Gasteiger partial charge on any atom is 0.305 e. The van der Waals surface area contributed by atoms with Crippen LogP contribution in [0.25, 0.3) is 0 Å². The van der Waals surface area contributed by atoms with Crippen molar-refractivity contribution in [3.8, 4) is 5.75 Å². The average Bonchev–Trinajstić information content (AvgIpc) is 3.70. The molecular weight excluding hydrogens is 789 g/mol. The molecule has 320 valence electrons. The molecule has 1 saturated heterocycles. The Morgan fingerprint density at radius 3 is 2.31 bits per heavy atom. The Kier molecular flexibility index (Phi) is 13.2. The maximum absolute atomic E-state index is 15.4. The van der Waals surface area contributed by atoms with Gasteiger partial charge in [-0.15, -0.1) is 0 Å². The molecule has 0 bridgehead atoms. The summed E-state index contributed by atoms with van der Waals surface area (Å²) in [6, 6.07) is 33.1. The molecule has 0 aromatic heterocycles. The molecule has 13 heteroatoms. The van der Waals surface area contributed by atoms with Crippen LogP contribution in [0.15, 0.2) is 108 Å². The van der Waals surface area contributed by atoms with E-state index in [9.17, 15) is 19.5 Å². The van der Waals surface area contributed by atoms with E-state index in [1.165, 1.54) is 12.1 Å². The third kappa shape index (κ3) is 8.64. The zero-order valence-corrected chi connectivity index (χ0v) is 36.7. The van der Waals surface area contributed by atoms with Crippen molar-refractivity contribution >= 4 is 54.0 Å². The molecule has 1 spiro atoms. The minimum atomic E-state index is -2.63. The lowest BCUT2D eigenvalue weighted by molar-refractivity contribution is -0.149. The second-order valence-corrected chi connectivity index (χ2v) is 21.4. The lowest BCUT2D eigenvalue weighted by Gasteiger charge is -2.37. The average molecular weight is 845 g/mol. The number of nitrogens with zero attached hydrogens (tertiary/aromatic N) is 4. The number of fused-ring (bicyclic) bond motifs is 2. The van der Waals surface area contributed by atoms with Gasteiger partial charge in [0.1, 0.15) is 5.75 Å². The fourth-order valence-corrected chi connectivity index (χ4v) is 13.6. The van der Waals surface area contributed by atoms with Gasteiger partial charge in [-0.3, -0.25) is 19.2 Å². The predicted molar refractivity (Wildman–Crippen MR) is 237 cm³/mol. The quantitative estimate of drug-likeness (QED) is 0.0763. The summed E-state index contributed by atoms with van der Waals surface area (Å²) >= 11 is 0. The molecule has 4 aromatic rings. The van der Waals surface area contributed by atoms with Gasteiger partial charge in [-0.05, 0) is 59.8 Å². The molecule has 0 radical (unpaired) electrons. The van der Waals surface area contributed by atoms with Gasteiger partial charge in [0.2, 0.25) is 11.8 Å². The third-order valence-electron chi connectivity index (χ3n) is 12.8. The second kappa shape index (κ2) is 18.5. The molecule has 7 rings (SSSR count). The smallest absolute Gasteiger partial charge is 0.305 e. The minimum Gasteiger partial charge on any atom is -0.497 e. The fourth-order valence-electron chi connectivity index (χ4n) is 9.61. The van der Waals surface area contributed by atoms with Crippen molar-refractivity contribution in [3.05, 3.63) is 120 Å². The van der Waals surface area contributed by atoms with Gasteiger partial charge >= 0.3 is 5.97 Å². The van der Waals surface area contributed by atoms with E-state index in [-0.39, 0.29) is 61.6 Å². The lowest BCUT2D eigenvalue weighted by Crippen LogP contribution is -2.52. The largest absolute Gasteiger partial charge is 0.497 e. The predicted octanol–water partition coefficient (Wildman–Crippen LogP) is 6.54. The number of benzene rings is 4. The fraction of sp³-hybridized carbons (Fsp3) is 0.396. The number of methoxy groups -OCH3 is 2. The number of amides is 3. The van der Waals surface area contributed by atoms with Crippen molar-refractivity contribution in [1.29, 1.82) is 0 Å². The Morgan fingerprint density at radius 2 is 1.64 bits per heavy atom. The van der Waals surface area contributed by atoms with E-state index in [4.69, 9.17) is 19.3 Å². The summed E-state index contributed by atoms with van der Waals surface area (Å²) in [4.78, 5) is 59.1. The van der Waals surface area contributed by atoms with E-state index in [1.54, 1.807) is 16.9 Å². The summed E-state index contributed by atoms with van der Waals surface area (Å²) in [5.74, 6) is -0.579. The highest BCUT2D eigenvalue weighted by atomic mass is 28.3. The van der Waals surface area contributed by atoms with Gasteiger partial charge < -0.3 is 29.1 Å². The van der Waals surface area contributed by atoms with Gasteiger partial charge in [-0.1, -0.05) is 98.0 Å². The summed E-state index contributed by atoms with van der Waals surface area (Å²) in [5, 5.41) is 17.5. The van der Waals surface area contributed by atoms with Crippen LogP contribution in [0.2, 0.25) is 18.6 Å². The number of carbonyl (C=O) groups is 4. The molecule has 3 aliphatic heterocycles. The molecule has 4 aromatic carbocycles. The molecule has 0 saturated carbocycles. The monoisotopic (exact) mass is 844 g/mol. The van der Waals surface area contributed by atoms with E-state index in [1.807, 2.05) is 91.0 Å². The number of aliphatic hydroxyl groups is 1. The molecule has 12 nitrogen and oxygen atoms in total. The number of anilines is 2. The molecule has 3 heterocycles. The van der Waals surface area contributed by atoms with Crippen molar-refractivity contribution < 1.29 is 38.5 Å². The van der Waals surface area contributed by atoms with E-state index >= 15 is 4.79 Å². The number of hydrogen-bond acceptors (Lipinski definition) is 9. The van der Waals surface area contributed by atoms with Gasteiger partial charge in [0.15, 0.2) is 5.60 Å². The highest BCUT2D eigenvalue weighted by molar-refractivity contribution is 6.91. The van der Waals surface area contributed by atoms with Crippen LogP contribution in [0.3, 0.4) is 0 Å². The topological polar surface area (TPSA) is 138 Å². The van der Waals surface area contributed by atoms with Gasteiger partial charge in [0, 0.05) is 50.4 Å². The number of hydrogen-bond donors (Lipinski definition) is 1. The number of aliphatic hydroxyl groups excluding tert-OH is 1. The first kappa shape index (κ1) is 43.5. The highest BCUT2D eigenvalue weighted by Gasteiger charge is 2.66. The van der Waals surface area contributed by atoms with Crippen molar-refractivity contribution in [2.45, 2.75) is 82.3 Å². The lowest BCUT2D eigenvalue weighted by atomic mass is 9.82. The number of rotatable bonds is 16. The normalized spacial score (nSPS) is 21.1. The Labute approximate surface area is 359 Å². The summed E-state index contributed by atoms with van der Waals surface area (Å²) < 4.78 is 17.7. The summed E-state index contributed by atoms with van der Waals surface area (Å²) in [6.07, 6.45) is 1.37. The van der Waals surface area contributed by atoms with Crippen LogP contribution in [0.4, 0.5) is 11.4 Å². The third-order valence-corrected chi connectivity index (χ3v) is 17.1. The van der Waals surface area contributed by atoms with Gasteiger partial charge in [-0.2, -0.15) is 5.10 Å². The molecule has 1 fully saturated rings. The summed E-state index contributed by atoms with van der Waals surface area (Å²) in [6.45, 7) is 7.17. The number of esters is 1. The van der Waals surface area contributed by atoms with Crippen molar-refractivity contribution in [2.75, 3.05) is 43.8 Å². The van der Waals surface area contributed by atoms with Crippen LogP contribution in [0.1, 0.15) is 62.1 Å². The minimum absolute atomic E-state index is 0.00700. The van der Waals surface area contributed by atoms with Crippen molar-refractivity contribution in [3.63, 3.8) is 0 Å². The molecule has 4 atom stereocenters. The van der Waals surface area contributed by atoms with Crippen LogP contribution in [-0.2, 0) is 40.8 Å². The van der Waals surface area contributed by atoms with E-state index in [0.717, 1.165) is 27.8 Å². The van der Waals surface area contributed by atoms with Gasteiger partial charge in [0.25, 0.3) is 5.91 Å². The van der Waals surface area contributed by atoms with E-state index in [0.29, 0.717) is 49.3 Å². The van der Waals surface area contributed by atoms with Crippen LogP contribution in [-0.4, -0.2) is 87.5 Å². The zero-order chi connectivity index (χ0) is 43.3. The first-order valence-electron chi connectivity index (χ1n) is 21.2. The van der Waals surface area contributed by atoms with Crippen LogP contribution >= 0.6 is 0 Å². The van der Waals surface area contributed by atoms with Crippen LogP contribution in [0.5, 0.6) is 5.75 Å². The van der Waals surface area contributed by atoms with Crippen LogP contribution < -0.4 is 19.8 Å². The highest BCUT2D eigenvalue weighted by Crippen LogP contribution is 2.60. The van der Waals surface area contributed by atoms with Gasteiger partial charge in [0.05, 0.1) is 58.5 Å². The number of ether oxygens (including phenoxy) is 3. The molecule has 3 aliphatic rings. The standard InChI is InChI=1S/C48H56N4O8Si/c1-33-46(61(4,5)38-22-20-37(58-2)21-23-38)42(31-44(55)50(28-29-53)32-34-14-8-6-9-15-34)60-48(33)39-30-36(52-43(54)26-24-40(49-52)35-16-10-7-11-17-35)19-25-41(39)51(47(48)57)27-13-12-18-45(56)59-3/h6-11,14-17,19-23,25,30,33,42,46,53H,12-13,18,24,26-29,31-32H2,1-5H3/t33-,42+,46-,48+/m1/s1. The Bertz CT molecular complexity index is 2250. The molecule has 61 heavy (non-hydrogen) atoms. The molecule has 1 N–H and O–H groups in total.